The summed E-state index contributed by atoms with van der Waals surface area (Å²) in [5.41, 5.74) is 7.28. The Morgan fingerprint density at radius 3 is 2.71 bits per heavy atom. The van der Waals surface area contributed by atoms with Crippen molar-refractivity contribution in [3.05, 3.63) is 42.1 Å². The molecular weight excluding hydrogens is 418 g/mol. The highest BCUT2D eigenvalue weighted by molar-refractivity contribution is 7.10. The number of hydrogen-bond acceptors (Lipinski definition) is 8. The second-order valence-corrected chi connectivity index (χ2v) is 7.80. The standard InChI is InChI=1S/C20H23N7O3S/c1-2-30-18(28)15-12-22-27(16(15)21)14-8-10-26(11-9-14)20(29)24-19-23-17(25-31-19)13-6-4-3-5-7-13/h3-7,12,14H,2,8-11,21H2,1H3,(H,23,24,25,29). The number of nitrogens with one attached hydrogen (secondary N) is 1. The summed E-state index contributed by atoms with van der Waals surface area (Å²) in [6.07, 6.45) is 2.78. The highest BCUT2D eigenvalue weighted by atomic mass is 32.1. The molecule has 0 bridgehead atoms. The van der Waals surface area contributed by atoms with Crippen molar-refractivity contribution >= 4 is 34.5 Å². The van der Waals surface area contributed by atoms with Crippen LogP contribution in [-0.2, 0) is 4.74 Å². The number of hydrogen-bond donors (Lipinski definition) is 2. The molecule has 11 heteroatoms. The normalized spacial score (nSPS) is 14.4. The van der Waals surface area contributed by atoms with Crippen molar-refractivity contribution in [3.8, 4) is 11.4 Å². The van der Waals surface area contributed by atoms with E-state index in [4.69, 9.17) is 10.5 Å². The van der Waals surface area contributed by atoms with E-state index < -0.39 is 5.97 Å². The van der Waals surface area contributed by atoms with Crippen molar-refractivity contribution in [2.24, 2.45) is 0 Å². The number of nitrogens with zero attached hydrogens (tertiary/aromatic N) is 5. The number of amides is 2. The fourth-order valence-electron chi connectivity index (χ4n) is 3.49. The summed E-state index contributed by atoms with van der Waals surface area (Å²) < 4.78 is 11.0. The van der Waals surface area contributed by atoms with E-state index in [1.165, 1.54) is 6.20 Å². The van der Waals surface area contributed by atoms with Gasteiger partial charge in [0, 0.05) is 30.2 Å². The van der Waals surface area contributed by atoms with E-state index in [0.29, 0.717) is 42.7 Å². The van der Waals surface area contributed by atoms with E-state index in [0.717, 1.165) is 17.1 Å². The maximum Gasteiger partial charge on any atom is 0.343 e. The minimum Gasteiger partial charge on any atom is -0.462 e. The number of likely N-dealkylation sites (tertiary alicyclic amines) is 1. The fourth-order valence-corrected chi connectivity index (χ4v) is 4.07. The van der Waals surface area contributed by atoms with Crippen LogP contribution < -0.4 is 11.1 Å². The Labute approximate surface area is 183 Å². The van der Waals surface area contributed by atoms with Crippen molar-refractivity contribution in [1.82, 2.24) is 24.0 Å². The van der Waals surface area contributed by atoms with Gasteiger partial charge in [-0.05, 0) is 19.8 Å². The first kappa shape index (κ1) is 20.8. The molecule has 3 N–H and O–H groups in total. The second kappa shape index (κ2) is 9.13. The largest absolute Gasteiger partial charge is 0.462 e. The molecule has 0 spiro atoms. The van der Waals surface area contributed by atoms with E-state index in [9.17, 15) is 9.59 Å². The number of nitrogen functional groups attached to an aromatic ring is 1. The summed E-state index contributed by atoms with van der Waals surface area (Å²) >= 11 is 1.15. The summed E-state index contributed by atoms with van der Waals surface area (Å²) in [4.78, 5) is 30.7. The number of esters is 1. The average Bonchev–Trinajstić information content (AvgIpc) is 3.41. The van der Waals surface area contributed by atoms with Gasteiger partial charge >= 0.3 is 12.0 Å². The molecule has 1 aliphatic rings. The van der Waals surface area contributed by atoms with E-state index in [1.54, 1.807) is 16.5 Å². The maximum atomic E-state index is 12.6. The van der Waals surface area contributed by atoms with Gasteiger partial charge in [-0.15, -0.1) is 0 Å². The zero-order valence-electron chi connectivity index (χ0n) is 17.0. The molecule has 0 aliphatic carbocycles. The van der Waals surface area contributed by atoms with Crippen molar-refractivity contribution in [2.75, 3.05) is 30.7 Å². The van der Waals surface area contributed by atoms with Crippen LogP contribution in [0.4, 0.5) is 15.7 Å². The predicted octanol–water partition coefficient (Wildman–Crippen LogP) is 3.03. The molecule has 1 aromatic carbocycles. The number of rotatable bonds is 5. The predicted molar refractivity (Wildman–Crippen MR) is 117 cm³/mol. The van der Waals surface area contributed by atoms with Gasteiger partial charge in [-0.1, -0.05) is 30.3 Å². The van der Waals surface area contributed by atoms with Gasteiger partial charge in [-0.3, -0.25) is 5.32 Å². The van der Waals surface area contributed by atoms with E-state index >= 15 is 0 Å². The molecule has 3 heterocycles. The molecule has 31 heavy (non-hydrogen) atoms. The van der Waals surface area contributed by atoms with Crippen LogP contribution in [0.2, 0.25) is 0 Å². The van der Waals surface area contributed by atoms with Gasteiger partial charge in [0.1, 0.15) is 11.4 Å². The van der Waals surface area contributed by atoms with Crippen molar-refractivity contribution in [3.63, 3.8) is 0 Å². The number of ether oxygens (including phenoxy) is 1. The van der Waals surface area contributed by atoms with Gasteiger partial charge in [-0.25, -0.2) is 14.3 Å². The fraction of sp³-hybridized carbons (Fsp3) is 0.350. The number of urea groups is 1. The summed E-state index contributed by atoms with van der Waals surface area (Å²) in [5.74, 6) is 0.407. The molecule has 1 fully saturated rings. The van der Waals surface area contributed by atoms with Crippen LogP contribution >= 0.6 is 11.5 Å². The summed E-state index contributed by atoms with van der Waals surface area (Å²) in [7, 11) is 0. The van der Waals surface area contributed by atoms with Gasteiger partial charge < -0.3 is 15.4 Å². The third-order valence-corrected chi connectivity index (χ3v) is 5.73. The Hall–Kier alpha value is -3.47. The summed E-state index contributed by atoms with van der Waals surface area (Å²) in [6.45, 7) is 3.09. The topological polar surface area (TPSA) is 128 Å². The van der Waals surface area contributed by atoms with Crippen LogP contribution in [0.5, 0.6) is 0 Å². The van der Waals surface area contributed by atoms with Gasteiger partial charge in [0.15, 0.2) is 5.82 Å². The average molecular weight is 442 g/mol. The third-order valence-electron chi connectivity index (χ3n) is 5.10. The number of nitrogens with two attached hydrogens (primary N) is 1. The Balaban J connectivity index is 1.34. The third kappa shape index (κ3) is 4.50. The first-order valence-electron chi connectivity index (χ1n) is 10.0. The van der Waals surface area contributed by atoms with E-state index in [2.05, 4.69) is 19.8 Å². The van der Waals surface area contributed by atoms with Crippen LogP contribution in [0.15, 0.2) is 36.5 Å². The van der Waals surface area contributed by atoms with Crippen LogP contribution in [0.3, 0.4) is 0 Å². The summed E-state index contributed by atoms with van der Waals surface area (Å²) in [6, 6.07) is 9.41. The van der Waals surface area contributed by atoms with Crippen LogP contribution in [0.1, 0.15) is 36.2 Å². The molecule has 2 amide bonds. The number of carbonyl (C=O) groups is 2. The Morgan fingerprint density at radius 1 is 1.26 bits per heavy atom. The SMILES string of the molecule is CCOC(=O)c1cnn(C2CCN(C(=O)Nc3nc(-c4ccccc4)ns3)CC2)c1N. The van der Waals surface area contributed by atoms with E-state index in [-0.39, 0.29) is 24.2 Å². The van der Waals surface area contributed by atoms with E-state index in [1.807, 2.05) is 30.3 Å². The molecule has 0 unspecified atom stereocenters. The molecule has 1 aliphatic heterocycles. The Morgan fingerprint density at radius 2 is 2.00 bits per heavy atom. The van der Waals surface area contributed by atoms with Gasteiger partial charge in [0.05, 0.1) is 18.8 Å². The first-order valence-corrected chi connectivity index (χ1v) is 10.8. The first-order chi connectivity index (χ1) is 15.1. The van der Waals surface area contributed by atoms with Crippen LogP contribution in [-0.4, -0.2) is 55.7 Å². The van der Waals surface area contributed by atoms with Crippen LogP contribution in [0.25, 0.3) is 11.4 Å². The lowest BCUT2D eigenvalue weighted by molar-refractivity contribution is 0.0527. The molecule has 0 atom stereocenters. The molecule has 10 nitrogen and oxygen atoms in total. The van der Waals surface area contributed by atoms with Crippen molar-refractivity contribution in [1.29, 1.82) is 0 Å². The minimum atomic E-state index is -0.477. The van der Waals surface area contributed by atoms with Crippen molar-refractivity contribution < 1.29 is 14.3 Å². The Kier molecular flexibility index (Phi) is 6.12. The lowest BCUT2D eigenvalue weighted by atomic mass is 10.1. The number of aromatic nitrogens is 4. The number of piperidine rings is 1. The number of benzene rings is 1. The number of anilines is 2. The number of carbonyl (C=O) groups excluding carboxylic acids is 2. The zero-order valence-corrected chi connectivity index (χ0v) is 17.8. The highest BCUT2D eigenvalue weighted by Gasteiger charge is 2.28. The minimum absolute atomic E-state index is 0.0124. The van der Waals surface area contributed by atoms with Gasteiger partial charge in [-0.2, -0.15) is 14.5 Å². The molecule has 1 saturated heterocycles. The Bertz CT molecular complexity index is 1060. The molecule has 0 radical (unpaired) electrons. The second-order valence-electron chi connectivity index (χ2n) is 7.05. The molecular formula is C20H23N7O3S. The highest BCUT2D eigenvalue weighted by Crippen LogP contribution is 2.27. The molecule has 162 valence electrons. The quantitative estimate of drug-likeness (QED) is 0.582. The maximum absolute atomic E-state index is 12.6. The van der Waals surface area contributed by atoms with Crippen LogP contribution in [0, 0.1) is 0 Å². The lowest BCUT2D eigenvalue weighted by Gasteiger charge is -2.32. The van der Waals surface area contributed by atoms with Gasteiger partial charge in [0.25, 0.3) is 0 Å². The molecule has 4 rings (SSSR count). The monoisotopic (exact) mass is 441 g/mol. The zero-order chi connectivity index (χ0) is 21.8. The smallest absolute Gasteiger partial charge is 0.343 e. The van der Waals surface area contributed by atoms with Crippen molar-refractivity contribution in [2.45, 2.75) is 25.8 Å². The van der Waals surface area contributed by atoms with Gasteiger partial charge in [0.2, 0.25) is 5.13 Å². The summed E-state index contributed by atoms with van der Waals surface area (Å²) in [5, 5.41) is 7.55. The lowest BCUT2D eigenvalue weighted by Crippen LogP contribution is -2.41. The molecule has 0 saturated carbocycles. The molecule has 2 aromatic heterocycles. The molecule has 3 aromatic rings.